The standard InChI is InChI=1S/C21H36N5O19P3/c1-37-2-3-38-14-7-39-15(18(14)28)9-43-48(35,36)41-6-11(45-46(30,31)32)5-40-47(33,34)42-8-13-12(27)4-16(44-13)26-10-23-17-19(26)24-21(22)25-20(17)29/h10-16,18,27-28H,2-9H2,1H3,(H,33,34)(H,35,36)(H2,30,31,32)(H3,22,24,25,29)/t11?,12?,13-,14+,15-,16-,18+/m1/s1. The van der Waals surface area contributed by atoms with Gasteiger partial charge in [-0.2, -0.15) is 4.98 Å². The zero-order chi connectivity index (χ0) is 35.3. The average Bonchev–Trinajstić information content (AvgIpc) is 3.68. The number of H-pyrrole nitrogens is 1. The van der Waals surface area contributed by atoms with E-state index in [2.05, 4.69) is 19.5 Å². The fraction of sp³-hybridized carbons (Fsp3) is 0.762. The summed E-state index contributed by atoms with van der Waals surface area (Å²) in [5, 5.41) is 20.7. The quantitative estimate of drug-likeness (QED) is 0.0561. The van der Waals surface area contributed by atoms with E-state index >= 15 is 0 Å². The molecule has 0 radical (unpaired) electrons. The van der Waals surface area contributed by atoms with Gasteiger partial charge in [-0.15, -0.1) is 0 Å². The molecule has 0 saturated carbocycles. The van der Waals surface area contributed by atoms with E-state index in [1.165, 1.54) is 18.0 Å². The first-order valence-electron chi connectivity index (χ1n) is 13.9. The first kappa shape index (κ1) is 39.0. The maximum Gasteiger partial charge on any atom is 0.472 e. The molecule has 4 rings (SSSR count). The smallest absolute Gasteiger partial charge is 0.390 e. The van der Waals surface area contributed by atoms with Gasteiger partial charge in [-0.3, -0.25) is 37.0 Å². The van der Waals surface area contributed by atoms with Crippen molar-refractivity contribution < 1.29 is 85.0 Å². The van der Waals surface area contributed by atoms with Gasteiger partial charge in [-0.25, -0.2) is 18.7 Å². The predicted molar refractivity (Wildman–Crippen MR) is 155 cm³/mol. The molecule has 24 nitrogen and oxygen atoms in total. The number of hydrogen-bond donors (Lipinski definition) is 8. The van der Waals surface area contributed by atoms with Gasteiger partial charge in [0.25, 0.3) is 5.56 Å². The number of phosphoric acid groups is 3. The number of nitrogens with zero attached hydrogens (tertiary/aromatic N) is 3. The first-order valence-corrected chi connectivity index (χ1v) is 18.4. The van der Waals surface area contributed by atoms with Crippen LogP contribution in [0.2, 0.25) is 0 Å². The van der Waals surface area contributed by atoms with Crippen molar-refractivity contribution in [3.8, 4) is 0 Å². The van der Waals surface area contributed by atoms with E-state index in [4.69, 9.17) is 42.8 Å². The minimum Gasteiger partial charge on any atom is -0.390 e. The highest BCUT2D eigenvalue weighted by Gasteiger charge is 2.40. The molecule has 48 heavy (non-hydrogen) atoms. The molecule has 2 saturated heterocycles. The molecule has 2 aromatic heterocycles. The number of aliphatic hydroxyl groups excluding tert-OH is 2. The Morgan fingerprint density at radius 1 is 1.04 bits per heavy atom. The molecule has 0 spiro atoms. The number of nitrogens with two attached hydrogens (primary N) is 1. The van der Waals surface area contributed by atoms with Crippen LogP contribution in [-0.4, -0.2) is 139 Å². The molecular formula is C21H36N5O19P3. The molecule has 2 aliphatic heterocycles. The van der Waals surface area contributed by atoms with Crippen molar-refractivity contribution in [3.63, 3.8) is 0 Å². The lowest BCUT2D eigenvalue weighted by atomic mass is 10.1. The molecule has 0 bridgehead atoms. The van der Waals surface area contributed by atoms with Crippen LogP contribution < -0.4 is 11.3 Å². The molecule has 2 aliphatic rings. The van der Waals surface area contributed by atoms with Crippen LogP contribution in [0.15, 0.2) is 11.1 Å². The van der Waals surface area contributed by atoms with Gasteiger partial charge >= 0.3 is 23.5 Å². The third-order valence-corrected chi connectivity index (χ3v) is 9.23. The van der Waals surface area contributed by atoms with Crippen LogP contribution in [0.5, 0.6) is 0 Å². The van der Waals surface area contributed by atoms with Crippen molar-refractivity contribution >= 4 is 40.6 Å². The highest BCUT2D eigenvalue weighted by molar-refractivity contribution is 7.47. The third kappa shape index (κ3) is 11.1. The summed E-state index contributed by atoms with van der Waals surface area (Å²) in [5.74, 6) is -0.191. The van der Waals surface area contributed by atoms with Crippen molar-refractivity contribution in [1.29, 1.82) is 0 Å². The van der Waals surface area contributed by atoms with Crippen LogP contribution in [0.1, 0.15) is 12.6 Å². The highest BCUT2D eigenvalue weighted by atomic mass is 31.2. The lowest BCUT2D eigenvalue weighted by Gasteiger charge is -2.22. The number of methoxy groups -OCH3 is 1. The van der Waals surface area contributed by atoms with E-state index in [-0.39, 0.29) is 43.4 Å². The third-order valence-electron chi connectivity index (χ3n) is 6.76. The Hall–Kier alpha value is -1.76. The largest absolute Gasteiger partial charge is 0.472 e. The van der Waals surface area contributed by atoms with E-state index in [1.807, 2.05) is 0 Å². The number of nitrogens with one attached hydrogen (secondary N) is 1. The Kier molecular flexibility index (Phi) is 13.4. The van der Waals surface area contributed by atoms with E-state index < -0.39 is 98.3 Å². The topological polar surface area (TPSA) is 345 Å². The Bertz CT molecular complexity index is 1570. The van der Waals surface area contributed by atoms with E-state index in [0.29, 0.717) is 0 Å². The molecule has 274 valence electrons. The molecule has 4 unspecified atom stereocenters. The summed E-state index contributed by atoms with van der Waals surface area (Å²) in [6.45, 7) is -3.20. The number of rotatable bonds is 19. The van der Waals surface area contributed by atoms with Crippen LogP contribution in [0.4, 0.5) is 5.95 Å². The number of aromatic amines is 1. The Morgan fingerprint density at radius 2 is 1.69 bits per heavy atom. The normalized spacial score (nSPS) is 28.1. The number of hydrogen-bond acceptors (Lipinski definition) is 18. The second kappa shape index (κ2) is 16.5. The number of anilines is 1. The summed E-state index contributed by atoms with van der Waals surface area (Å²) in [7, 11) is -13.8. The number of aromatic nitrogens is 4. The fourth-order valence-electron chi connectivity index (χ4n) is 4.49. The molecule has 27 heteroatoms. The average molecular weight is 755 g/mol. The molecule has 0 aromatic carbocycles. The van der Waals surface area contributed by atoms with Gasteiger partial charge in [0, 0.05) is 13.5 Å². The van der Waals surface area contributed by atoms with Crippen LogP contribution in [0.25, 0.3) is 11.2 Å². The van der Waals surface area contributed by atoms with Gasteiger partial charge in [0.15, 0.2) is 11.2 Å². The van der Waals surface area contributed by atoms with Gasteiger partial charge in [0.05, 0.1) is 58.7 Å². The van der Waals surface area contributed by atoms with Gasteiger partial charge in [-0.1, -0.05) is 0 Å². The fourth-order valence-corrected chi connectivity index (χ4v) is 6.53. The van der Waals surface area contributed by atoms with E-state index in [0.717, 1.165) is 0 Å². The second-order valence-electron chi connectivity index (χ2n) is 10.3. The molecule has 2 aromatic rings. The zero-order valence-electron chi connectivity index (χ0n) is 25.0. The summed E-state index contributed by atoms with van der Waals surface area (Å²) in [4.78, 5) is 60.8. The molecule has 2 fully saturated rings. The van der Waals surface area contributed by atoms with Gasteiger partial charge in [0.2, 0.25) is 5.95 Å². The molecule has 4 heterocycles. The molecule has 0 amide bonds. The van der Waals surface area contributed by atoms with Gasteiger partial charge in [-0.05, 0) is 0 Å². The number of fused-ring (bicyclic) bond motifs is 1. The zero-order valence-corrected chi connectivity index (χ0v) is 27.7. The van der Waals surface area contributed by atoms with Crippen molar-refractivity contribution in [2.45, 2.75) is 49.3 Å². The maximum atomic E-state index is 12.5. The van der Waals surface area contributed by atoms with E-state index in [1.54, 1.807) is 0 Å². The first-order chi connectivity index (χ1) is 22.5. The van der Waals surface area contributed by atoms with Gasteiger partial charge < -0.3 is 54.5 Å². The summed E-state index contributed by atoms with van der Waals surface area (Å²) in [6, 6.07) is 0. The number of nitrogen functional groups attached to an aromatic ring is 1. The number of aliphatic hydroxyl groups is 2. The highest BCUT2D eigenvalue weighted by Crippen LogP contribution is 2.48. The summed E-state index contributed by atoms with van der Waals surface area (Å²) >= 11 is 0. The lowest BCUT2D eigenvalue weighted by molar-refractivity contribution is -0.0461. The number of phosphoric ester groups is 3. The Balaban J connectivity index is 1.26. The second-order valence-corrected chi connectivity index (χ2v) is 14.4. The van der Waals surface area contributed by atoms with Crippen molar-refractivity contribution in [3.05, 3.63) is 16.7 Å². The Labute approximate surface area is 270 Å². The van der Waals surface area contributed by atoms with E-state index in [9.17, 15) is 48.3 Å². The molecule has 9 N–H and O–H groups in total. The van der Waals surface area contributed by atoms with Crippen molar-refractivity contribution in [1.82, 2.24) is 19.5 Å². The van der Waals surface area contributed by atoms with Gasteiger partial charge in [0.1, 0.15) is 36.7 Å². The number of imidazole rings is 1. The monoisotopic (exact) mass is 755 g/mol. The van der Waals surface area contributed by atoms with Crippen LogP contribution in [0, 0.1) is 0 Å². The minimum absolute atomic E-state index is 0.0438. The Morgan fingerprint density at radius 3 is 2.31 bits per heavy atom. The molecular weight excluding hydrogens is 719 g/mol. The summed E-state index contributed by atoms with van der Waals surface area (Å²) in [5.41, 5.74) is 4.99. The maximum absolute atomic E-state index is 12.5. The minimum atomic E-state index is -5.30. The van der Waals surface area contributed by atoms with Crippen molar-refractivity contribution in [2.24, 2.45) is 0 Å². The SMILES string of the molecule is COCCO[C@H]1CO[C@H](COP(=O)(O)OCC(COP(=O)(O)OC[C@H]2O[C@@H](n3cnc4c(=O)[nH]c(N)nc43)CC2O)OP(=O)(O)O)[C@H]1O. The summed E-state index contributed by atoms with van der Waals surface area (Å²) in [6.07, 6.45) is -7.19. The lowest BCUT2D eigenvalue weighted by Crippen LogP contribution is -2.35. The molecule has 0 aliphatic carbocycles. The van der Waals surface area contributed by atoms with Crippen LogP contribution >= 0.6 is 23.5 Å². The van der Waals surface area contributed by atoms with Crippen molar-refractivity contribution in [2.75, 3.05) is 59.1 Å². The molecule has 9 atom stereocenters. The van der Waals surface area contributed by atoms with Crippen LogP contribution in [0.3, 0.4) is 0 Å². The number of ether oxygens (including phenoxy) is 4. The predicted octanol–water partition coefficient (Wildman–Crippen LogP) is -2.11. The summed E-state index contributed by atoms with van der Waals surface area (Å²) < 4.78 is 82.3. The van der Waals surface area contributed by atoms with Crippen LogP contribution in [-0.2, 0) is 55.3 Å².